The van der Waals surface area contributed by atoms with Crippen molar-refractivity contribution in [2.45, 2.75) is 31.2 Å². The fourth-order valence-electron chi connectivity index (χ4n) is 1.19. The predicted octanol–water partition coefficient (Wildman–Crippen LogP) is 0.714. The molecule has 1 aliphatic rings. The Hall–Kier alpha value is -1.16. The van der Waals surface area contributed by atoms with Gasteiger partial charge in [-0.15, -0.1) is 13.2 Å². The highest BCUT2D eigenvalue weighted by atomic mass is 16.4. The topological polar surface area (TPSA) is 80.4 Å². The Balaban J connectivity index is 0.000000671. The van der Waals surface area contributed by atoms with Gasteiger partial charge in [-0.1, -0.05) is 0 Å². The summed E-state index contributed by atoms with van der Waals surface area (Å²) in [5, 5.41) is 8.65. The summed E-state index contributed by atoms with van der Waals surface area (Å²) in [7, 11) is 0. The van der Waals surface area contributed by atoms with Gasteiger partial charge in [-0.3, -0.25) is 9.59 Å². The van der Waals surface area contributed by atoms with E-state index in [9.17, 15) is 9.59 Å². The van der Waals surface area contributed by atoms with Crippen molar-refractivity contribution >= 4 is 11.8 Å². The third-order valence-corrected chi connectivity index (χ3v) is 2.13. The molecule has 0 heterocycles. The maximum atomic E-state index is 10.7. The number of aliphatic carboxylic acids is 1. The maximum absolute atomic E-state index is 10.7. The van der Waals surface area contributed by atoms with Gasteiger partial charge in [0.25, 0.3) is 0 Å². The van der Waals surface area contributed by atoms with Crippen molar-refractivity contribution in [1.29, 1.82) is 0 Å². The van der Waals surface area contributed by atoms with Gasteiger partial charge in [0.05, 0.1) is 0 Å². The lowest BCUT2D eigenvalue weighted by Gasteiger charge is -2.27. The zero-order valence-electron chi connectivity index (χ0n) is 7.58. The molecule has 0 spiro atoms. The van der Waals surface area contributed by atoms with E-state index in [1.165, 1.54) is 0 Å². The SMILES string of the molecule is C=C.NC1(C(=O)O)CCC(=O)CC1. The molecule has 74 valence electrons. The zero-order chi connectivity index (χ0) is 10.5. The molecule has 0 saturated heterocycles. The molecule has 0 unspecified atom stereocenters. The van der Waals surface area contributed by atoms with Crippen LogP contribution in [0.4, 0.5) is 0 Å². The summed E-state index contributed by atoms with van der Waals surface area (Å²) in [6, 6.07) is 0. The number of Topliss-reactive ketones (excluding diaryl/α,β-unsaturated/α-hetero) is 1. The largest absolute Gasteiger partial charge is 0.480 e. The Morgan fingerprint density at radius 3 is 2.08 bits per heavy atom. The summed E-state index contributed by atoms with van der Waals surface area (Å²) in [6.07, 6.45) is 1.17. The first-order valence-corrected chi connectivity index (χ1v) is 4.08. The summed E-state index contributed by atoms with van der Waals surface area (Å²) >= 11 is 0. The summed E-state index contributed by atoms with van der Waals surface area (Å²) in [5.74, 6) is -0.877. The van der Waals surface area contributed by atoms with Gasteiger partial charge in [0, 0.05) is 12.8 Å². The molecule has 4 heteroatoms. The smallest absolute Gasteiger partial charge is 0.323 e. The molecule has 0 aromatic rings. The van der Waals surface area contributed by atoms with Gasteiger partial charge < -0.3 is 10.8 Å². The Bertz CT molecular complexity index is 203. The first-order valence-electron chi connectivity index (χ1n) is 4.08. The van der Waals surface area contributed by atoms with Crippen molar-refractivity contribution in [3.05, 3.63) is 13.2 Å². The highest BCUT2D eigenvalue weighted by Gasteiger charge is 2.37. The van der Waals surface area contributed by atoms with Crippen molar-refractivity contribution in [1.82, 2.24) is 0 Å². The summed E-state index contributed by atoms with van der Waals surface area (Å²) in [6.45, 7) is 6.00. The van der Waals surface area contributed by atoms with Crippen LogP contribution in [0.1, 0.15) is 25.7 Å². The molecule has 1 aliphatic carbocycles. The van der Waals surface area contributed by atoms with Crippen LogP contribution >= 0.6 is 0 Å². The van der Waals surface area contributed by atoms with E-state index < -0.39 is 11.5 Å². The van der Waals surface area contributed by atoms with Crippen LogP contribution in [0.3, 0.4) is 0 Å². The molecule has 0 amide bonds. The van der Waals surface area contributed by atoms with E-state index in [-0.39, 0.29) is 18.6 Å². The number of carbonyl (C=O) groups excluding carboxylic acids is 1. The third kappa shape index (κ3) is 2.99. The lowest BCUT2D eigenvalue weighted by Crippen LogP contribution is -2.50. The molecule has 3 N–H and O–H groups in total. The van der Waals surface area contributed by atoms with E-state index >= 15 is 0 Å². The van der Waals surface area contributed by atoms with Crippen LogP contribution in [0, 0.1) is 0 Å². The lowest BCUT2D eigenvalue weighted by molar-refractivity contribution is -0.145. The van der Waals surface area contributed by atoms with Crippen molar-refractivity contribution in [3.8, 4) is 0 Å². The second-order valence-corrected chi connectivity index (χ2v) is 3.00. The predicted molar refractivity (Wildman–Crippen MR) is 49.3 cm³/mol. The van der Waals surface area contributed by atoms with E-state index in [2.05, 4.69) is 13.2 Å². The molecule has 0 bridgehead atoms. The molecule has 1 rings (SSSR count). The highest BCUT2D eigenvalue weighted by molar-refractivity contribution is 5.85. The maximum Gasteiger partial charge on any atom is 0.323 e. The minimum atomic E-state index is -1.14. The fraction of sp³-hybridized carbons (Fsp3) is 0.556. The third-order valence-electron chi connectivity index (χ3n) is 2.13. The van der Waals surface area contributed by atoms with Crippen LogP contribution < -0.4 is 5.73 Å². The van der Waals surface area contributed by atoms with Crippen molar-refractivity contribution in [2.24, 2.45) is 5.73 Å². The van der Waals surface area contributed by atoms with Crippen LogP contribution in [0.5, 0.6) is 0 Å². The van der Waals surface area contributed by atoms with Crippen molar-refractivity contribution in [3.63, 3.8) is 0 Å². The molecule has 1 fully saturated rings. The van der Waals surface area contributed by atoms with Crippen LogP contribution in [0.15, 0.2) is 13.2 Å². The summed E-state index contributed by atoms with van der Waals surface area (Å²) in [4.78, 5) is 21.3. The summed E-state index contributed by atoms with van der Waals surface area (Å²) in [5.41, 5.74) is 4.37. The highest BCUT2D eigenvalue weighted by Crippen LogP contribution is 2.23. The number of carboxylic acid groups (broad SMARTS) is 1. The summed E-state index contributed by atoms with van der Waals surface area (Å²) < 4.78 is 0. The number of ketones is 1. The first-order chi connectivity index (χ1) is 6.04. The molecule has 0 aromatic heterocycles. The standard InChI is InChI=1S/C7H11NO3.C2H4/c8-7(6(10)11)3-1-5(9)2-4-7;1-2/h1-4,8H2,(H,10,11);1-2H2. The molecule has 0 atom stereocenters. The number of hydrogen-bond acceptors (Lipinski definition) is 3. The van der Waals surface area contributed by atoms with E-state index in [0.29, 0.717) is 12.8 Å². The van der Waals surface area contributed by atoms with E-state index in [1.54, 1.807) is 0 Å². The molecule has 0 aromatic carbocycles. The molecular weight excluding hydrogens is 170 g/mol. The average molecular weight is 185 g/mol. The van der Waals surface area contributed by atoms with Crippen LogP contribution in [-0.4, -0.2) is 22.4 Å². The molecule has 4 nitrogen and oxygen atoms in total. The molecular formula is C9H15NO3. The monoisotopic (exact) mass is 185 g/mol. The van der Waals surface area contributed by atoms with E-state index in [0.717, 1.165) is 0 Å². The van der Waals surface area contributed by atoms with Gasteiger partial charge in [-0.25, -0.2) is 0 Å². The van der Waals surface area contributed by atoms with Crippen molar-refractivity contribution < 1.29 is 14.7 Å². The van der Waals surface area contributed by atoms with Crippen LogP contribution in [0.25, 0.3) is 0 Å². The number of carboxylic acids is 1. The van der Waals surface area contributed by atoms with Crippen LogP contribution in [-0.2, 0) is 9.59 Å². The first kappa shape index (κ1) is 11.8. The van der Waals surface area contributed by atoms with Gasteiger partial charge in [-0.2, -0.15) is 0 Å². The Morgan fingerprint density at radius 2 is 1.77 bits per heavy atom. The number of carbonyl (C=O) groups is 2. The molecule has 0 aliphatic heterocycles. The number of hydrogen-bond donors (Lipinski definition) is 2. The van der Waals surface area contributed by atoms with Gasteiger partial charge in [0.15, 0.2) is 0 Å². The quantitative estimate of drug-likeness (QED) is 0.590. The van der Waals surface area contributed by atoms with Gasteiger partial charge in [0.1, 0.15) is 11.3 Å². The lowest BCUT2D eigenvalue weighted by atomic mass is 9.82. The molecule has 0 radical (unpaired) electrons. The van der Waals surface area contributed by atoms with Gasteiger partial charge in [0.2, 0.25) is 0 Å². The molecule has 13 heavy (non-hydrogen) atoms. The minimum Gasteiger partial charge on any atom is -0.480 e. The fourth-order valence-corrected chi connectivity index (χ4v) is 1.19. The van der Waals surface area contributed by atoms with Gasteiger partial charge >= 0.3 is 5.97 Å². The Kier molecular flexibility index (Phi) is 4.34. The number of nitrogens with two attached hydrogens (primary N) is 1. The Labute approximate surface area is 77.4 Å². The Morgan fingerprint density at radius 1 is 1.38 bits per heavy atom. The zero-order valence-corrected chi connectivity index (χ0v) is 7.58. The molecule has 1 saturated carbocycles. The van der Waals surface area contributed by atoms with E-state index in [4.69, 9.17) is 10.8 Å². The minimum absolute atomic E-state index is 0.118. The second-order valence-electron chi connectivity index (χ2n) is 3.00. The van der Waals surface area contributed by atoms with Gasteiger partial charge in [-0.05, 0) is 12.8 Å². The van der Waals surface area contributed by atoms with Crippen molar-refractivity contribution in [2.75, 3.05) is 0 Å². The van der Waals surface area contributed by atoms with Crippen LogP contribution in [0.2, 0.25) is 0 Å². The second kappa shape index (κ2) is 4.77. The normalized spacial score (nSPS) is 19.9. The number of rotatable bonds is 1. The van der Waals surface area contributed by atoms with E-state index in [1.807, 2.05) is 0 Å². The average Bonchev–Trinajstić information content (AvgIpc) is 2.14.